The minimum absolute atomic E-state index is 0.0684. The fourth-order valence-corrected chi connectivity index (χ4v) is 2.27. The van der Waals surface area contributed by atoms with E-state index < -0.39 is 11.6 Å². The molecule has 0 saturated heterocycles. The highest BCUT2D eigenvalue weighted by Crippen LogP contribution is 2.31. The largest absolute Gasteiger partial charge is 0.310 e. The normalized spacial score (nSPS) is 11.2. The SMILES string of the molecule is Cc1ccc(CNC(C)C)cc1-c1c(F)ccc(C)c1F. The van der Waals surface area contributed by atoms with Crippen LogP contribution < -0.4 is 5.32 Å². The molecule has 0 radical (unpaired) electrons. The first kappa shape index (κ1) is 15.6. The van der Waals surface area contributed by atoms with Crippen LogP contribution in [0.1, 0.15) is 30.5 Å². The lowest BCUT2D eigenvalue weighted by molar-refractivity contribution is 0.582. The molecule has 21 heavy (non-hydrogen) atoms. The molecule has 0 fully saturated rings. The van der Waals surface area contributed by atoms with Crippen LogP contribution in [0, 0.1) is 25.5 Å². The summed E-state index contributed by atoms with van der Waals surface area (Å²) in [4.78, 5) is 0. The Morgan fingerprint density at radius 2 is 1.67 bits per heavy atom. The van der Waals surface area contributed by atoms with Crippen molar-refractivity contribution in [1.29, 1.82) is 0 Å². The zero-order chi connectivity index (χ0) is 15.6. The van der Waals surface area contributed by atoms with Crippen molar-refractivity contribution in [2.75, 3.05) is 0 Å². The van der Waals surface area contributed by atoms with Gasteiger partial charge in [0.25, 0.3) is 0 Å². The van der Waals surface area contributed by atoms with Gasteiger partial charge in [-0.1, -0.05) is 32.0 Å². The van der Waals surface area contributed by atoms with Crippen LogP contribution in [0.15, 0.2) is 30.3 Å². The van der Waals surface area contributed by atoms with E-state index in [4.69, 9.17) is 0 Å². The summed E-state index contributed by atoms with van der Waals surface area (Å²) < 4.78 is 28.4. The monoisotopic (exact) mass is 289 g/mol. The van der Waals surface area contributed by atoms with Crippen molar-refractivity contribution < 1.29 is 8.78 Å². The molecule has 0 aliphatic heterocycles. The van der Waals surface area contributed by atoms with Gasteiger partial charge in [-0.3, -0.25) is 0 Å². The molecule has 0 aliphatic carbocycles. The molecule has 0 bridgehead atoms. The summed E-state index contributed by atoms with van der Waals surface area (Å²) in [5.41, 5.74) is 3.03. The van der Waals surface area contributed by atoms with Crippen LogP contribution in [-0.2, 0) is 6.54 Å². The first-order valence-corrected chi connectivity index (χ1v) is 7.18. The molecule has 0 atom stereocenters. The topological polar surface area (TPSA) is 12.0 Å². The summed E-state index contributed by atoms with van der Waals surface area (Å²) in [7, 11) is 0. The highest BCUT2D eigenvalue weighted by molar-refractivity contribution is 5.70. The zero-order valence-electron chi connectivity index (χ0n) is 12.9. The van der Waals surface area contributed by atoms with Crippen molar-refractivity contribution in [2.45, 2.75) is 40.3 Å². The van der Waals surface area contributed by atoms with Crippen molar-refractivity contribution >= 4 is 0 Å². The summed E-state index contributed by atoms with van der Waals surface area (Å²) in [6.07, 6.45) is 0. The standard InChI is InChI=1S/C18H21F2N/c1-11(2)21-10-14-7-5-12(3)15(9-14)17-16(19)8-6-13(4)18(17)20/h5-9,11,21H,10H2,1-4H3. The summed E-state index contributed by atoms with van der Waals surface area (Å²) >= 11 is 0. The second-order valence-corrected chi connectivity index (χ2v) is 5.74. The number of nitrogens with one attached hydrogen (secondary N) is 1. The van der Waals surface area contributed by atoms with E-state index in [-0.39, 0.29) is 5.56 Å². The molecule has 1 N–H and O–H groups in total. The molecular formula is C18H21F2N. The van der Waals surface area contributed by atoms with Gasteiger partial charge < -0.3 is 5.32 Å². The third-order valence-corrected chi connectivity index (χ3v) is 3.57. The fourth-order valence-electron chi connectivity index (χ4n) is 2.27. The van der Waals surface area contributed by atoms with Gasteiger partial charge in [0.15, 0.2) is 0 Å². The van der Waals surface area contributed by atoms with Crippen LogP contribution in [0.3, 0.4) is 0 Å². The highest BCUT2D eigenvalue weighted by atomic mass is 19.1. The molecule has 0 aromatic heterocycles. The Morgan fingerprint density at radius 1 is 1.00 bits per heavy atom. The smallest absolute Gasteiger partial charge is 0.136 e. The maximum Gasteiger partial charge on any atom is 0.136 e. The molecule has 0 unspecified atom stereocenters. The van der Waals surface area contributed by atoms with Crippen molar-refractivity contribution in [3.8, 4) is 11.1 Å². The van der Waals surface area contributed by atoms with Gasteiger partial charge in [-0.05, 0) is 48.2 Å². The fraction of sp³-hybridized carbons (Fsp3) is 0.333. The van der Waals surface area contributed by atoms with Gasteiger partial charge in [-0.25, -0.2) is 8.78 Å². The quantitative estimate of drug-likeness (QED) is 0.856. The van der Waals surface area contributed by atoms with Crippen LogP contribution in [0.25, 0.3) is 11.1 Å². The Kier molecular flexibility index (Phi) is 4.73. The van der Waals surface area contributed by atoms with Crippen LogP contribution >= 0.6 is 0 Å². The molecule has 2 aromatic rings. The minimum atomic E-state index is -0.518. The average Bonchev–Trinajstić information content (AvgIpc) is 2.43. The Hall–Kier alpha value is -1.74. The van der Waals surface area contributed by atoms with Crippen LogP contribution in [-0.4, -0.2) is 6.04 Å². The molecule has 2 aromatic carbocycles. The van der Waals surface area contributed by atoms with Gasteiger partial charge >= 0.3 is 0 Å². The Morgan fingerprint density at radius 3 is 2.33 bits per heavy atom. The Labute approximate surface area is 125 Å². The van der Waals surface area contributed by atoms with Crippen molar-refractivity contribution in [1.82, 2.24) is 5.32 Å². The van der Waals surface area contributed by atoms with Crippen LogP contribution in [0.4, 0.5) is 8.78 Å². The van der Waals surface area contributed by atoms with E-state index in [0.717, 1.165) is 11.1 Å². The lowest BCUT2D eigenvalue weighted by atomic mass is 9.95. The summed E-state index contributed by atoms with van der Waals surface area (Å²) in [5, 5.41) is 3.31. The first-order valence-electron chi connectivity index (χ1n) is 7.18. The van der Waals surface area contributed by atoms with Crippen molar-refractivity contribution in [3.05, 3.63) is 58.7 Å². The Bertz CT molecular complexity index is 648. The zero-order valence-corrected chi connectivity index (χ0v) is 12.9. The molecule has 0 heterocycles. The third-order valence-electron chi connectivity index (χ3n) is 3.57. The number of hydrogen-bond donors (Lipinski definition) is 1. The molecule has 1 nitrogen and oxygen atoms in total. The number of benzene rings is 2. The van der Waals surface area contributed by atoms with Gasteiger partial charge in [0.2, 0.25) is 0 Å². The predicted octanol–water partition coefficient (Wildman–Crippen LogP) is 4.75. The summed E-state index contributed by atoms with van der Waals surface area (Å²) in [6.45, 7) is 8.33. The van der Waals surface area contributed by atoms with Crippen LogP contribution in [0.5, 0.6) is 0 Å². The summed E-state index contributed by atoms with van der Waals surface area (Å²) in [6, 6.07) is 8.92. The second kappa shape index (κ2) is 6.35. The second-order valence-electron chi connectivity index (χ2n) is 5.74. The van der Waals surface area contributed by atoms with E-state index in [1.807, 2.05) is 25.1 Å². The first-order chi connectivity index (χ1) is 9.90. The van der Waals surface area contributed by atoms with E-state index in [2.05, 4.69) is 19.2 Å². The number of halogens is 2. The van der Waals surface area contributed by atoms with Gasteiger partial charge in [-0.15, -0.1) is 0 Å². The maximum absolute atomic E-state index is 14.3. The Balaban J connectivity index is 2.49. The van der Waals surface area contributed by atoms with Gasteiger partial charge in [0.05, 0.1) is 5.56 Å². The number of rotatable bonds is 4. The predicted molar refractivity (Wildman–Crippen MR) is 83.2 cm³/mol. The molecule has 2 rings (SSSR count). The van der Waals surface area contributed by atoms with E-state index in [0.29, 0.717) is 23.7 Å². The van der Waals surface area contributed by atoms with Crippen molar-refractivity contribution in [2.24, 2.45) is 0 Å². The summed E-state index contributed by atoms with van der Waals surface area (Å²) in [5.74, 6) is -0.998. The molecule has 112 valence electrons. The molecule has 0 aliphatic rings. The molecule has 0 spiro atoms. The number of aryl methyl sites for hydroxylation is 2. The van der Waals surface area contributed by atoms with E-state index in [1.54, 1.807) is 6.92 Å². The van der Waals surface area contributed by atoms with E-state index in [1.165, 1.54) is 12.1 Å². The van der Waals surface area contributed by atoms with E-state index >= 15 is 0 Å². The molecular weight excluding hydrogens is 268 g/mol. The van der Waals surface area contributed by atoms with Crippen LogP contribution in [0.2, 0.25) is 0 Å². The van der Waals surface area contributed by atoms with E-state index in [9.17, 15) is 8.78 Å². The van der Waals surface area contributed by atoms with Gasteiger partial charge in [0.1, 0.15) is 11.6 Å². The lowest BCUT2D eigenvalue weighted by Crippen LogP contribution is -2.21. The van der Waals surface area contributed by atoms with Gasteiger partial charge in [0, 0.05) is 12.6 Å². The lowest BCUT2D eigenvalue weighted by Gasteiger charge is -2.14. The molecule has 0 amide bonds. The highest BCUT2D eigenvalue weighted by Gasteiger charge is 2.15. The minimum Gasteiger partial charge on any atom is -0.310 e. The maximum atomic E-state index is 14.3. The van der Waals surface area contributed by atoms with Crippen molar-refractivity contribution in [3.63, 3.8) is 0 Å². The molecule has 3 heteroatoms. The third kappa shape index (κ3) is 3.48. The van der Waals surface area contributed by atoms with Gasteiger partial charge in [-0.2, -0.15) is 0 Å². The average molecular weight is 289 g/mol. The molecule has 0 saturated carbocycles. The number of hydrogen-bond acceptors (Lipinski definition) is 1.